The summed E-state index contributed by atoms with van der Waals surface area (Å²) in [7, 11) is 0. The second kappa shape index (κ2) is 17.4. The molecule has 32 heavy (non-hydrogen) atoms. The maximum absolute atomic E-state index is 6.02. The van der Waals surface area contributed by atoms with Crippen LogP contribution in [-0.4, -0.2) is 49.6 Å². The molecule has 6 nitrogen and oxygen atoms in total. The second-order valence-corrected chi connectivity index (χ2v) is 7.66. The molecule has 0 atom stereocenters. The Balaban J connectivity index is 1.70. The highest BCUT2D eigenvalue weighted by atomic mass is 16.5. The topological polar surface area (TPSA) is 62.7 Å². The number of unbranched alkanes of at least 4 members (excludes halogenated alkanes) is 6. The molecule has 6 heteroatoms. The fraction of sp³-hybridized carbons (Fsp3) is 0.615. The van der Waals surface area contributed by atoms with Gasteiger partial charge in [0.15, 0.2) is 11.6 Å². The first-order chi connectivity index (χ1) is 15.8. The molecule has 0 N–H and O–H groups in total. The van der Waals surface area contributed by atoms with Gasteiger partial charge in [-0.15, -0.1) is 0 Å². The lowest BCUT2D eigenvalue weighted by molar-refractivity contribution is 0.142. The third-order valence-electron chi connectivity index (χ3n) is 5.06. The Bertz CT molecular complexity index is 709. The highest BCUT2D eigenvalue weighted by molar-refractivity contribution is 5.63. The number of aromatic nitrogens is 2. The largest absolute Gasteiger partial charge is 0.493 e. The lowest BCUT2D eigenvalue weighted by atomic mass is 10.2. The zero-order valence-electron chi connectivity index (χ0n) is 19.9. The van der Waals surface area contributed by atoms with Crippen molar-refractivity contribution in [2.75, 3.05) is 39.6 Å². The standard InChI is InChI=1S/C26H40N2O4/c1-3-29-17-11-5-7-13-19-31-23-21-27-26(28-22-23)24-15-9-10-16-25(24)32-20-14-8-6-12-18-30-4-2/h9-10,15-16,21-22H,3-8,11-14,17-20H2,1-2H3. The second-order valence-electron chi connectivity index (χ2n) is 7.66. The van der Waals surface area contributed by atoms with E-state index in [9.17, 15) is 0 Å². The minimum absolute atomic E-state index is 0.653. The zero-order valence-corrected chi connectivity index (χ0v) is 19.9. The van der Waals surface area contributed by atoms with Crippen molar-refractivity contribution >= 4 is 0 Å². The molecule has 178 valence electrons. The highest BCUT2D eigenvalue weighted by Gasteiger charge is 2.09. The summed E-state index contributed by atoms with van der Waals surface area (Å²) in [6.45, 7) is 8.73. The van der Waals surface area contributed by atoms with Crippen molar-refractivity contribution in [3.8, 4) is 22.9 Å². The molecule has 0 aliphatic heterocycles. The minimum Gasteiger partial charge on any atom is -0.493 e. The number of benzene rings is 1. The van der Waals surface area contributed by atoms with Crippen LogP contribution in [-0.2, 0) is 9.47 Å². The molecule has 0 fully saturated rings. The molecule has 0 saturated heterocycles. The molecule has 1 heterocycles. The first kappa shape index (κ1) is 26.1. The summed E-state index contributed by atoms with van der Waals surface area (Å²) in [6, 6.07) is 7.93. The molecular weight excluding hydrogens is 404 g/mol. The predicted octanol–water partition coefficient (Wildman–Crippen LogP) is 6.10. The van der Waals surface area contributed by atoms with Crippen molar-refractivity contribution in [1.29, 1.82) is 0 Å². The van der Waals surface area contributed by atoms with Gasteiger partial charge in [0.05, 0.1) is 31.2 Å². The van der Waals surface area contributed by atoms with Gasteiger partial charge in [-0.05, 0) is 64.5 Å². The summed E-state index contributed by atoms with van der Waals surface area (Å²) >= 11 is 0. The van der Waals surface area contributed by atoms with Crippen molar-refractivity contribution in [2.45, 2.75) is 65.2 Å². The molecule has 0 spiro atoms. The van der Waals surface area contributed by atoms with Crippen LogP contribution in [0.4, 0.5) is 0 Å². The third-order valence-corrected chi connectivity index (χ3v) is 5.06. The van der Waals surface area contributed by atoms with Gasteiger partial charge in [-0.2, -0.15) is 0 Å². The highest BCUT2D eigenvalue weighted by Crippen LogP contribution is 2.27. The monoisotopic (exact) mass is 444 g/mol. The van der Waals surface area contributed by atoms with Crippen LogP contribution in [0.1, 0.15) is 65.2 Å². The van der Waals surface area contributed by atoms with Crippen molar-refractivity contribution in [3.05, 3.63) is 36.7 Å². The molecular formula is C26H40N2O4. The van der Waals surface area contributed by atoms with Crippen LogP contribution in [0.2, 0.25) is 0 Å². The van der Waals surface area contributed by atoms with E-state index in [1.807, 2.05) is 38.1 Å². The minimum atomic E-state index is 0.653. The van der Waals surface area contributed by atoms with Gasteiger partial charge in [0.2, 0.25) is 0 Å². The number of hydrogen-bond acceptors (Lipinski definition) is 6. The number of hydrogen-bond donors (Lipinski definition) is 0. The number of nitrogens with zero attached hydrogens (tertiary/aromatic N) is 2. The van der Waals surface area contributed by atoms with Crippen LogP contribution >= 0.6 is 0 Å². The van der Waals surface area contributed by atoms with Crippen LogP contribution in [0.5, 0.6) is 11.5 Å². The quantitative estimate of drug-likeness (QED) is 0.244. The fourth-order valence-electron chi connectivity index (χ4n) is 3.29. The van der Waals surface area contributed by atoms with Crippen LogP contribution in [0.15, 0.2) is 36.7 Å². The molecule has 0 unspecified atom stereocenters. The average molecular weight is 445 g/mol. The zero-order chi connectivity index (χ0) is 22.7. The average Bonchev–Trinajstić information content (AvgIpc) is 2.83. The Morgan fingerprint density at radius 1 is 0.625 bits per heavy atom. The number of rotatable bonds is 19. The van der Waals surface area contributed by atoms with Gasteiger partial charge in [-0.1, -0.05) is 25.0 Å². The molecule has 1 aromatic carbocycles. The van der Waals surface area contributed by atoms with E-state index in [1.165, 1.54) is 12.8 Å². The van der Waals surface area contributed by atoms with E-state index in [4.69, 9.17) is 18.9 Å². The van der Waals surface area contributed by atoms with E-state index in [1.54, 1.807) is 12.4 Å². The molecule has 0 radical (unpaired) electrons. The van der Waals surface area contributed by atoms with Crippen molar-refractivity contribution in [2.24, 2.45) is 0 Å². The molecule has 1 aromatic heterocycles. The van der Waals surface area contributed by atoms with E-state index >= 15 is 0 Å². The molecule has 0 bridgehead atoms. The first-order valence-corrected chi connectivity index (χ1v) is 12.2. The number of ether oxygens (including phenoxy) is 4. The predicted molar refractivity (Wildman–Crippen MR) is 128 cm³/mol. The molecule has 0 saturated carbocycles. The first-order valence-electron chi connectivity index (χ1n) is 12.2. The summed E-state index contributed by atoms with van der Waals surface area (Å²) < 4.78 is 22.5. The molecule has 2 rings (SSSR count). The van der Waals surface area contributed by atoms with Crippen molar-refractivity contribution < 1.29 is 18.9 Å². The Kier molecular flexibility index (Phi) is 14.2. The molecule has 0 amide bonds. The summed E-state index contributed by atoms with van der Waals surface area (Å²) in [5, 5.41) is 0. The van der Waals surface area contributed by atoms with E-state index in [-0.39, 0.29) is 0 Å². The van der Waals surface area contributed by atoms with E-state index in [2.05, 4.69) is 9.97 Å². The Labute approximate surface area is 193 Å². The fourth-order valence-corrected chi connectivity index (χ4v) is 3.29. The molecule has 2 aromatic rings. The number of para-hydroxylation sites is 1. The van der Waals surface area contributed by atoms with Crippen molar-refractivity contribution in [3.63, 3.8) is 0 Å². The Morgan fingerprint density at radius 2 is 1.16 bits per heavy atom. The van der Waals surface area contributed by atoms with Gasteiger partial charge in [0.1, 0.15) is 5.75 Å². The van der Waals surface area contributed by atoms with Gasteiger partial charge in [-0.3, -0.25) is 0 Å². The maximum Gasteiger partial charge on any atom is 0.163 e. The van der Waals surface area contributed by atoms with Gasteiger partial charge < -0.3 is 18.9 Å². The summed E-state index contributed by atoms with van der Waals surface area (Å²) in [5.41, 5.74) is 0.907. The SMILES string of the molecule is CCOCCCCCCOc1cnc(-c2ccccc2OCCCCCCOCC)nc1. The van der Waals surface area contributed by atoms with Crippen LogP contribution in [0, 0.1) is 0 Å². The van der Waals surface area contributed by atoms with Crippen LogP contribution in [0.3, 0.4) is 0 Å². The lowest BCUT2D eigenvalue weighted by Gasteiger charge is -2.11. The van der Waals surface area contributed by atoms with Crippen LogP contribution in [0.25, 0.3) is 11.4 Å². The summed E-state index contributed by atoms with van der Waals surface area (Å²) in [6.07, 6.45) is 12.4. The Hall–Kier alpha value is -2.18. The Morgan fingerprint density at radius 3 is 1.75 bits per heavy atom. The lowest BCUT2D eigenvalue weighted by Crippen LogP contribution is -2.02. The van der Waals surface area contributed by atoms with Gasteiger partial charge >= 0.3 is 0 Å². The van der Waals surface area contributed by atoms with E-state index in [0.717, 1.165) is 76.3 Å². The summed E-state index contributed by atoms with van der Waals surface area (Å²) in [4.78, 5) is 9.00. The third kappa shape index (κ3) is 10.9. The van der Waals surface area contributed by atoms with Gasteiger partial charge in [0.25, 0.3) is 0 Å². The van der Waals surface area contributed by atoms with E-state index in [0.29, 0.717) is 24.8 Å². The normalized spacial score (nSPS) is 10.9. The van der Waals surface area contributed by atoms with Gasteiger partial charge in [-0.25, -0.2) is 9.97 Å². The van der Waals surface area contributed by atoms with Gasteiger partial charge in [0, 0.05) is 26.4 Å². The molecule has 0 aliphatic carbocycles. The van der Waals surface area contributed by atoms with Crippen LogP contribution < -0.4 is 9.47 Å². The molecule has 0 aliphatic rings. The van der Waals surface area contributed by atoms with Crippen molar-refractivity contribution in [1.82, 2.24) is 9.97 Å². The van der Waals surface area contributed by atoms with E-state index < -0.39 is 0 Å². The smallest absolute Gasteiger partial charge is 0.163 e. The maximum atomic E-state index is 6.02. The summed E-state index contributed by atoms with van der Waals surface area (Å²) in [5.74, 6) is 2.18.